The molecule has 1 N–H and O–H groups in total. The maximum Gasteiger partial charge on any atom is 0.255 e. The predicted octanol–water partition coefficient (Wildman–Crippen LogP) is 3.77. The molecule has 1 aromatic carbocycles. The van der Waals surface area contributed by atoms with E-state index in [9.17, 15) is 4.79 Å². The molecular formula is C15H11BrN2OS. The van der Waals surface area contributed by atoms with E-state index in [0.29, 0.717) is 5.57 Å². The summed E-state index contributed by atoms with van der Waals surface area (Å²) in [6.45, 7) is 1.94. The van der Waals surface area contributed by atoms with Crippen LogP contribution in [0.4, 0.5) is 0 Å². The Hall–Kier alpha value is -1.72. The highest BCUT2D eigenvalue weighted by Gasteiger charge is 2.19. The number of hydrogen-bond acceptors (Lipinski definition) is 3. The van der Waals surface area contributed by atoms with Crippen LogP contribution in [-0.2, 0) is 4.79 Å². The van der Waals surface area contributed by atoms with E-state index < -0.39 is 0 Å². The summed E-state index contributed by atoms with van der Waals surface area (Å²) >= 11 is 4.94. The minimum atomic E-state index is -0.0734. The number of halogens is 1. The minimum absolute atomic E-state index is 0.0734. The zero-order valence-electron chi connectivity index (χ0n) is 10.7. The lowest BCUT2D eigenvalue weighted by Crippen LogP contribution is -2.15. The monoisotopic (exact) mass is 346 g/mol. The molecule has 0 saturated carbocycles. The summed E-state index contributed by atoms with van der Waals surface area (Å²) < 4.78 is 1.02. The molecular weight excluding hydrogens is 336 g/mol. The van der Waals surface area contributed by atoms with Gasteiger partial charge in [0.05, 0.1) is 16.1 Å². The normalized spacial score (nSPS) is 16.4. The standard InChI is InChI=1S/C15H11BrN2OS/c1-9-14(20-8-17-9)7-11-6-13(18-15(11)19)10-2-4-12(16)5-3-10/h2-8H,1H3,(H,18,19). The molecule has 0 spiro atoms. The van der Waals surface area contributed by atoms with Crippen molar-refractivity contribution in [2.45, 2.75) is 6.92 Å². The molecule has 2 heterocycles. The van der Waals surface area contributed by atoms with Crippen molar-refractivity contribution < 1.29 is 4.79 Å². The molecule has 0 aliphatic carbocycles. The van der Waals surface area contributed by atoms with E-state index in [4.69, 9.17) is 0 Å². The third kappa shape index (κ3) is 2.59. The summed E-state index contributed by atoms with van der Waals surface area (Å²) in [6, 6.07) is 7.85. The number of nitrogens with zero attached hydrogens (tertiary/aromatic N) is 1. The summed E-state index contributed by atoms with van der Waals surface area (Å²) in [6.07, 6.45) is 3.76. The molecule has 1 aromatic heterocycles. The zero-order valence-corrected chi connectivity index (χ0v) is 13.1. The van der Waals surface area contributed by atoms with Gasteiger partial charge in [0, 0.05) is 15.7 Å². The average molecular weight is 347 g/mol. The Morgan fingerprint density at radius 3 is 2.70 bits per heavy atom. The first-order chi connectivity index (χ1) is 9.63. The van der Waals surface area contributed by atoms with Crippen LogP contribution in [0.5, 0.6) is 0 Å². The number of nitrogens with one attached hydrogen (secondary N) is 1. The van der Waals surface area contributed by atoms with Crippen LogP contribution in [0.3, 0.4) is 0 Å². The number of benzene rings is 1. The lowest BCUT2D eigenvalue weighted by Gasteiger charge is -2.02. The fraction of sp³-hybridized carbons (Fsp3) is 0.0667. The lowest BCUT2D eigenvalue weighted by molar-refractivity contribution is -0.115. The summed E-state index contributed by atoms with van der Waals surface area (Å²) in [7, 11) is 0. The highest BCUT2D eigenvalue weighted by Crippen LogP contribution is 2.25. The van der Waals surface area contributed by atoms with E-state index in [1.165, 1.54) is 11.3 Å². The molecule has 2 aromatic rings. The minimum Gasteiger partial charge on any atom is -0.321 e. The SMILES string of the molecule is Cc1ncsc1C=C1C=C(c2ccc(Br)cc2)NC1=O. The second-order valence-electron chi connectivity index (χ2n) is 4.42. The van der Waals surface area contributed by atoms with Gasteiger partial charge in [-0.05, 0) is 36.8 Å². The highest BCUT2D eigenvalue weighted by molar-refractivity contribution is 9.10. The van der Waals surface area contributed by atoms with Gasteiger partial charge in [0.2, 0.25) is 0 Å². The van der Waals surface area contributed by atoms with Gasteiger partial charge >= 0.3 is 0 Å². The molecule has 3 nitrogen and oxygen atoms in total. The number of hydrogen-bond donors (Lipinski definition) is 1. The van der Waals surface area contributed by atoms with Crippen LogP contribution in [0.2, 0.25) is 0 Å². The Kier molecular flexibility index (Phi) is 3.54. The molecule has 20 heavy (non-hydrogen) atoms. The van der Waals surface area contributed by atoms with Crippen LogP contribution < -0.4 is 5.32 Å². The molecule has 100 valence electrons. The average Bonchev–Trinajstić information content (AvgIpc) is 2.99. The predicted molar refractivity (Wildman–Crippen MR) is 85.1 cm³/mol. The van der Waals surface area contributed by atoms with Crippen molar-refractivity contribution in [2.24, 2.45) is 0 Å². The third-order valence-electron chi connectivity index (χ3n) is 3.03. The Morgan fingerprint density at radius 2 is 2.05 bits per heavy atom. The quantitative estimate of drug-likeness (QED) is 0.841. The molecule has 1 aliphatic rings. The van der Waals surface area contributed by atoms with Gasteiger partial charge in [-0.25, -0.2) is 4.98 Å². The van der Waals surface area contributed by atoms with Gasteiger partial charge in [-0.2, -0.15) is 0 Å². The van der Waals surface area contributed by atoms with Crippen molar-refractivity contribution in [1.82, 2.24) is 10.3 Å². The van der Waals surface area contributed by atoms with Crippen molar-refractivity contribution in [3.63, 3.8) is 0 Å². The summed E-state index contributed by atoms with van der Waals surface area (Å²) in [5, 5.41) is 2.89. The Balaban J connectivity index is 1.95. The number of amides is 1. The van der Waals surface area contributed by atoms with Gasteiger partial charge in [-0.3, -0.25) is 4.79 Å². The summed E-state index contributed by atoms with van der Waals surface area (Å²) in [5.41, 5.74) is 5.21. The number of rotatable bonds is 2. The number of carbonyl (C=O) groups excluding carboxylic acids is 1. The van der Waals surface area contributed by atoms with E-state index in [1.807, 2.05) is 43.3 Å². The van der Waals surface area contributed by atoms with Crippen molar-refractivity contribution in [1.29, 1.82) is 0 Å². The largest absolute Gasteiger partial charge is 0.321 e. The van der Waals surface area contributed by atoms with Gasteiger partial charge in [-0.1, -0.05) is 28.1 Å². The second-order valence-corrected chi connectivity index (χ2v) is 6.22. The van der Waals surface area contributed by atoms with Crippen molar-refractivity contribution in [3.05, 3.63) is 62.0 Å². The van der Waals surface area contributed by atoms with Crippen molar-refractivity contribution in [3.8, 4) is 0 Å². The van der Waals surface area contributed by atoms with Gasteiger partial charge in [0.25, 0.3) is 5.91 Å². The highest BCUT2D eigenvalue weighted by atomic mass is 79.9. The fourth-order valence-corrected chi connectivity index (χ4v) is 2.94. The van der Waals surface area contributed by atoms with Gasteiger partial charge in [0.15, 0.2) is 0 Å². The Labute approximate surface area is 129 Å². The first-order valence-corrected chi connectivity index (χ1v) is 7.71. The van der Waals surface area contributed by atoms with Gasteiger partial charge < -0.3 is 5.32 Å². The van der Waals surface area contributed by atoms with Crippen LogP contribution in [0.25, 0.3) is 11.8 Å². The molecule has 1 amide bonds. The fourth-order valence-electron chi connectivity index (χ4n) is 1.93. The van der Waals surface area contributed by atoms with Crippen molar-refractivity contribution in [2.75, 3.05) is 0 Å². The number of thiazole rings is 1. The maximum absolute atomic E-state index is 12.0. The molecule has 1 aliphatic heterocycles. The smallest absolute Gasteiger partial charge is 0.255 e. The molecule has 0 unspecified atom stereocenters. The van der Waals surface area contributed by atoms with E-state index >= 15 is 0 Å². The van der Waals surface area contributed by atoms with Crippen LogP contribution in [0.15, 0.2) is 45.9 Å². The number of aryl methyl sites for hydroxylation is 1. The first-order valence-electron chi connectivity index (χ1n) is 6.04. The molecule has 0 atom stereocenters. The third-order valence-corrected chi connectivity index (χ3v) is 4.44. The van der Waals surface area contributed by atoms with Crippen LogP contribution in [0, 0.1) is 6.92 Å². The molecule has 0 radical (unpaired) electrons. The van der Waals surface area contributed by atoms with Crippen molar-refractivity contribution >= 4 is 44.9 Å². The van der Waals surface area contributed by atoms with E-state index in [1.54, 1.807) is 5.51 Å². The second kappa shape index (κ2) is 5.34. The number of aromatic nitrogens is 1. The molecule has 0 saturated heterocycles. The molecule has 0 fully saturated rings. The summed E-state index contributed by atoms with van der Waals surface area (Å²) in [4.78, 5) is 17.2. The van der Waals surface area contributed by atoms with Gasteiger partial charge in [0.1, 0.15) is 0 Å². The number of carbonyl (C=O) groups is 1. The Bertz CT molecular complexity index is 729. The van der Waals surface area contributed by atoms with Crippen LogP contribution >= 0.6 is 27.3 Å². The van der Waals surface area contributed by atoms with Gasteiger partial charge in [-0.15, -0.1) is 11.3 Å². The Morgan fingerprint density at radius 1 is 1.30 bits per heavy atom. The summed E-state index contributed by atoms with van der Waals surface area (Å²) in [5.74, 6) is -0.0734. The lowest BCUT2D eigenvalue weighted by atomic mass is 10.1. The van der Waals surface area contributed by atoms with E-state index in [0.717, 1.165) is 26.3 Å². The molecule has 3 rings (SSSR count). The molecule has 5 heteroatoms. The topological polar surface area (TPSA) is 42.0 Å². The maximum atomic E-state index is 12.0. The first kappa shape index (κ1) is 13.3. The van der Waals surface area contributed by atoms with E-state index in [-0.39, 0.29) is 5.91 Å². The zero-order chi connectivity index (χ0) is 14.1. The van der Waals surface area contributed by atoms with Crippen LogP contribution in [0.1, 0.15) is 16.1 Å². The molecule has 0 bridgehead atoms. The van der Waals surface area contributed by atoms with Crippen LogP contribution in [-0.4, -0.2) is 10.9 Å². The van der Waals surface area contributed by atoms with E-state index in [2.05, 4.69) is 26.2 Å².